The first kappa shape index (κ1) is 12.6. The summed E-state index contributed by atoms with van der Waals surface area (Å²) in [4.78, 5) is 15.5. The largest absolute Gasteiger partial charge is 0.444 e. The minimum absolute atomic E-state index is 0.249. The van der Waals surface area contributed by atoms with E-state index in [-0.39, 0.29) is 6.61 Å². The molecule has 0 unspecified atom stereocenters. The molecule has 18 heavy (non-hydrogen) atoms. The number of amides is 1. The van der Waals surface area contributed by atoms with Crippen LogP contribution in [0.1, 0.15) is 5.56 Å². The number of hydrogen-bond acceptors (Lipinski definition) is 3. The quantitative estimate of drug-likeness (QED) is 0.882. The summed E-state index contributed by atoms with van der Waals surface area (Å²) in [6, 6.07) is 12.9. The van der Waals surface area contributed by atoms with Crippen LogP contribution in [-0.4, -0.2) is 11.1 Å². The Balaban J connectivity index is 1.86. The molecule has 0 aliphatic rings. The SMILES string of the molecule is O=C(Nc1ccnc(Br)c1)OCc1ccccc1. The number of anilines is 1. The second-order valence-corrected chi connectivity index (χ2v) is 4.37. The summed E-state index contributed by atoms with van der Waals surface area (Å²) in [6.45, 7) is 0.249. The van der Waals surface area contributed by atoms with Crippen molar-refractivity contribution in [1.29, 1.82) is 0 Å². The molecule has 5 heteroatoms. The van der Waals surface area contributed by atoms with Crippen molar-refractivity contribution in [3.63, 3.8) is 0 Å². The Labute approximate surface area is 113 Å². The number of hydrogen-bond donors (Lipinski definition) is 1. The molecule has 0 saturated heterocycles. The van der Waals surface area contributed by atoms with Crippen LogP contribution in [0.5, 0.6) is 0 Å². The van der Waals surface area contributed by atoms with E-state index in [1.165, 1.54) is 0 Å². The van der Waals surface area contributed by atoms with Gasteiger partial charge in [-0.2, -0.15) is 0 Å². The van der Waals surface area contributed by atoms with Crippen LogP contribution in [0.4, 0.5) is 10.5 Å². The molecule has 92 valence electrons. The molecular formula is C13H11BrN2O2. The van der Waals surface area contributed by atoms with E-state index in [1.54, 1.807) is 18.3 Å². The van der Waals surface area contributed by atoms with Gasteiger partial charge in [0.2, 0.25) is 0 Å². The monoisotopic (exact) mass is 306 g/mol. The zero-order chi connectivity index (χ0) is 12.8. The topological polar surface area (TPSA) is 51.2 Å². The number of halogens is 1. The second-order valence-electron chi connectivity index (χ2n) is 3.55. The number of nitrogens with one attached hydrogen (secondary N) is 1. The van der Waals surface area contributed by atoms with Gasteiger partial charge in [-0.15, -0.1) is 0 Å². The lowest BCUT2D eigenvalue weighted by Crippen LogP contribution is -2.13. The molecule has 1 aromatic carbocycles. The number of carbonyl (C=O) groups is 1. The summed E-state index contributed by atoms with van der Waals surface area (Å²) in [6.07, 6.45) is 1.11. The number of carbonyl (C=O) groups excluding carboxylic acids is 1. The summed E-state index contributed by atoms with van der Waals surface area (Å²) in [5, 5.41) is 2.62. The molecule has 1 heterocycles. The van der Waals surface area contributed by atoms with Gasteiger partial charge in [0.15, 0.2) is 0 Å². The van der Waals surface area contributed by atoms with E-state index >= 15 is 0 Å². The second kappa shape index (κ2) is 6.16. The molecule has 0 fully saturated rings. The minimum atomic E-state index is -0.489. The lowest BCUT2D eigenvalue weighted by atomic mass is 10.2. The van der Waals surface area contributed by atoms with Crippen molar-refractivity contribution in [1.82, 2.24) is 4.98 Å². The van der Waals surface area contributed by atoms with Crippen LogP contribution in [0.25, 0.3) is 0 Å². The van der Waals surface area contributed by atoms with Gasteiger partial charge in [0.25, 0.3) is 0 Å². The Morgan fingerprint density at radius 2 is 2.06 bits per heavy atom. The standard InChI is InChI=1S/C13H11BrN2O2/c14-12-8-11(6-7-15-12)16-13(17)18-9-10-4-2-1-3-5-10/h1-8H,9H2,(H,15,16,17). The van der Waals surface area contributed by atoms with Crippen molar-refractivity contribution < 1.29 is 9.53 Å². The highest BCUT2D eigenvalue weighted by atomic mass is 79.9. The molecule has 2 aromatic rings. The minimum Gasteiger partial charge on any atom is -0.444 e. The molecule has 0 aliphatic carbocycles. The van der Waals surface area contributed by atoms with E-state index in [2.05, 4.69) is 26.2 Å². The molecule has 2 rings (SSSR count). The molecule has 0 saturated carbocycles. The molecule has 1 aromatic heterocycles. The Morgan fingerprint density at radius 1 is 1.28 bits per heavy atom. The van der Waals surface area contributed by atoms with E-state index < -0.39 is 6.09 Å². The van der Waals surface area contributed by atoms with Crippen molar-refractivity contribution >= 4 is 27.7 Å². The average molecular weight is 307 g/mol. The highest BCUT2D eigenvalue weighted by Crippen LogP contribution is 2.13. The van der Waals surface area contributed by atoms with Crippen LogP contribution in [0, 0.1) is 0 Å². The van der Waals surface area contributed by atoms with Crippen LogP contribution in [0.15, 0.2) is 53.3 Å². The molecule has 1 N–H and O–H groups in total. The van der Waals surface area contributed by atoms with Crippen molar-refractivity contribution in [3.05, 3.63) is 58.8 Å². The van der Waals surface area contributed by atoms with Gasteiger partial charge in [-0.1, -0.05) is 30.3 Å². The molecule has 0 spiro atoms. The first-order valence-electron chi connectivity index (χ1n) is 5.33. The number of benzene rings is 1. The molecule has 0 bridgehead atoms. The van der Waals surface area contributed by atoms with Crippen LogP contribution >= 0.6 is 15.9 Å². The van der Waals surface area contributed by atoms with E-state index in [0.29, 0.717) is 10.3 Å². The fourth-order valence-corrected chi connectivity index (χ4v) is 1.72. The third kappa shape index (κ3) is 3.85. The summed E-state index contributed by atoms with van der Waals surface area (Å²) >= 11 is 3.22. The van der Waals surface area contributed by atoms with Crippen molar-refractivity contribution in [2.45, 2.75) is 6.61 Å². The van der Waals surface area contributed by atoms with Gasteiger partial charge in [-0.05, 0) is 33.6 Å². The first-order chi connectivity index (χ1) is 8.74. The van der Waals surface area contributed by atoms with E-state index in [1.807, 2.05) is 30.3 Å². The number of pyridine rings is 1. The Kier molecular flexibility index (Phi) is 4.30. The maximum atomic E-state index is 11.5. The van der Waals surface area contributed by atoms with E-state index in [4.69, 9.17) is 4.74 Å². The maximum absolute atomic E-state index is 11.5. The van der Waals surface area contributed by atoms with Crippen molar-refractivity contribution in [3.8, 4) is 0 Å². The number of ether oxygens (including phenoxy) is 1. The molecule has 4 nitrogen and oxygen atoms in total. The van der Waals surface area contributed by atoms with Crippen molar-refractivity contribution in [2.24, 2.45) is 0 Å². The maximum Gasteiger partial charge on any atom is 0.411 e. The fraction of sp³-hybridized carbons (Fsp3) is 0.0769. The van der Waals surface area contributed by atoms with Gasteiger partial charge in [0, 0.05) is 11.9 Å². The molecular weight excluding hydrogens is 296 g/mol. The summed E-state index contributed by atoms with van der Waals surface area (Å²) in [5.41, 5.74) is 1.58. The lowest BCUT2D eigenvalue weighted by Gasteiger charge is -2.07. The third-order valence-electron chi connectivity index (χ3n) is 2.19. The lowest BCUT2D eigenvalue weighted by molar-refractivity contribution is 0.155. The van der Waals surface area contributed by atoms with Crippen molar-refractivity contribution in [2.75, 3.05) is 5.32 Å². The predicted molar refractivity (Wildman–Crippen MR) is 72.2 cm³/mol. The van der Waals surface area contributed by atoms with Crippen LogP contribution in [0.3, 0.4) is 0 Å². The smallest absolute Gasteiger partial charge is 0.411 e. The summed E-state index contributed by atoms with van der Waals surface area (Å²) in [5.74, 6) is 0. The van der Waals surface area contributed by atoms with Gasteiger partial charge in [0.05, 0.1) is 0 Å². The number of nitrogens with zero attached hydrogens (tertiary/aromatic N) is 1. The molecule has 0 aliphatic heterocycles. The van der Waals surface area contributed by atoms with Crippen LogP contribution in [-0.2, 0) is 11.3 Å². The van der Waals surface area contributed by atoms with E-state index in [9.17, 15) is 4.79 Å². The van der Waals surface area contributed by atoms with Crippen LogP contribution in [0.2, 0.25) is 0 Å². The highest BCUT2D eigenvalue weighted by Gasteiger charge is 2.03. The normalized spacial score (nSPS) is 9.83. The van der Waals surface area contributed by atoms with Gasteiger partial charge in [-0.3, -0.25) is 5.32 Å². The fourth-order valence-electron chi connectivity index (χ4n) is 1.36. The number of aromatic nitrogens is 1. The number of rotatable bonds is 3. The Morgan fingerprint density at radius 3 is 2.78 bits per heavy atom. The molecule has 0 radical (unpaired) electrons. The predicted octanol–water partition coefficient (Wildman–Crippen LogP) is 3.59. The first-order valence-corrected chi connectivity index (χ1v) is 6.12. The van der Waals surface area contributed by atoms with Gasteiger partial charge < -0.3 is 4.74 Å². The summed E-state index contributed by atoms with van der Waals surface area (Å²) < 4.78 is 5.74. The zero-order valence-corrected chi connectivity index (χ0v) is 11.1. The van der Waals surface area contributed by atoms with Gasteiger partial charge >= 0.3 is 6.09 Å². The van der Waals surface area contributed by atoms with E-state index in [0.717, 1.165) is 5.56 Å². The van der Waals surface area contributed by atoms with Gasteiger partial charge in [0.1, 0.15) is 11.2 Å². The highest BCUT2D eigenvalue weighted by molar-refractivity contribution is 9.10. The third-order valence-corrected chi connectivity index (χ3v) is 2.62. The molecule has 0 atom stereocenters. The summed E-state index contributed by atoms with van der Waals surface area (Å²) in [7, 11) is 0. The van der Waals surface area contributed by atoms with Crippen LogP contribution < -0.4 is 5.32 Å². The average Bonchev–Trinajstić information content (AvgIpc) is 2.38. The Hall–Kier alpha value is -1.88. The van der Waals surface area contributed by atoms with Gasteiger partial charge in [-0.25, -0.2) is 9.78 Å². The Bertz CT molecular complexity index is 532. The molecule has 1 amide bonds. The zero-order valence-electron chi connectivity index (χ0n) is 9.47.